The smallest absolute Gasteiger partial charge is 0.308 e. The third-order valence-electron chi connectivity index (χ3n) is 5.54. The van der Waals surface area contributed by atoms with Crippen LogP contribution in [0.5, 0.6) is 5.75 Å². The first-order valence-electron chi connectivity index (χ1n) is 11.1. The molecule has 0 radical (unpaired) electrons. The number of aryl methyl sites for hydroxylation is 1. The third-order valence-corrected chi connectivity index (χ3v) is 5.54. The molecule has 3 aromatic rings. The topological polar surface area (TPSA) is 84.9 Å². The minimum Gasteiger partial charge on any atom is -0.489 e. The second-order valence-corrected chi connectivity index (χ2v) is 8.01. The van der Waals surface area contributed by atoms with Crippen molar-refractivity contribution in [3.05, 3.63) is 95.6 Å². The van der Waals surface area contributed by atoms with Gasteiger partial charge in [-0.05, 0) is 36.8 Å². The van der Waals surface area contributed by atoms with Gasteiger partial charge in [-0.1, -0.05) is 60.2 Å². The fourth-order valence-corrected chi connectivity index (χ4v) is 3.87. The van der Waals surface area contributed by atoms with E-state index in [0.29, 0.717) is 23.6 Å². The Labute approximate surface area is 198 Å². The van der Waals surface area contributed by atoms with Gasteiger partial charge in [0.05, 0.1) is 18.2 Å². The Morgan fingerprint density at radius 1 is 1.00 bits per heavy atom. The normalized spacial score (nSPS) is 14.5. The SMILES string of the molecule is Cc1cccc(C(=O)NCCC(=O)OCC(=O)N2c3ccccc3OC[C@H]2c2ccccc2)c1. The highest BCUT2D eigenvalue weighted by molar-refractivity contribution is 5.98. The molecule has 1 N–H and O–H groups in total. The van der Waals surface area contributed by atoms with E-state index in [1.165, 1.54) is 0 Å². The zero-order valence-corrected chi connectivity index (χ0v) is 18.9. The van der Waals surface area contributed by atoms with Gasteiger partial charge in [-0.15, -0.1) is 0 Å². The number of carbonyl (C=O) groups is 3. The highest BCUT2D eigenvalue weighted by Gasteiger charge is 2.33. The molecule has 7 nitrogen and oxygen atoms in total. The number of hydrogen-bond donors (Lipinski definition) is 1. The summed E-state index contributed by atoms with van der Waals surface area (Å²) in [6.45, 7) is 1.92. The summed E-state index contributed by atoms with van der Waals surface area (Å²) in [7, 11) is 0. The molecule has 0 aliphatic carbocycles. The van der Waals surface area contributed by atoms with E-state index >= 15 is 0 Å². The number of amides is 2. The molecule has 174 valence electrons. The van der Waals surface area contributed by atoms with E-state index in [1.54, 1.807) is 29.2 Å². The molecule has 1 atom stereocenters. The van der Waals surface area contributed by atoms with Gasteiger partial charge < -0.3 is 14.8 Å². The number of benzene rings is 3. The summed E-state index contributed by atoms with van der Waals surface area (Å²) in [5, 5.41) is 2.70. The average molecular weight is 459 g/mol. The van der Waals surface area contributed by atoms with Gasteiger partial charge in [0.2, 0.25) is 0 Å². The summed E-state index contributed by atoms with van der Waals surface area (Å²) in [6.07, 6.45) is -0.0351. The Hall–Kier alpha value is -4.13. The molecule has 0 bridgehead atoms. The summed E-state index contributed by atoms with van der Waals surface area (Å²) in [5.41, 5.74) is 3.06. The minimum absolute atomic E-state index is 0.0351. The lowest BCUT2D eigenvalue weighted by Crippen LogP contribution is -2.43. The van der Waals surface area contributed by atoms with Gasteiger partial charge in [0, 0.05) is 12.1 Å². The lowest BCUT2D eigenvalue weighted by Gasteiger charge is -2.37. The second kappa shape index (κ2) is 10.7. The monoisotopic (exact) mass is 458 g/mol. The minimum atomic E-state index is -0.560. The summed E-state index contributed by atoms with van der Waals surface area (Å²) in [4.78, 5) is 39.2. The number of ether oxygens (including phenoxy) is 2. The fourth-order valence-electron chi connectivity index (χ4n) is 3.87. The van der Waals surface area contributed by atoms with Gasteiger partial charge >= 0.3 is 5.97 Å². The van der Waals surface area contributed by atoms with E-state index in [0.717, 1.165) is 11.1 Å². The lowest BCUT2D eigenvalue weighted by atomic mass is 10.0. The Kier molecular flexibility index (Phi) is 7.22. The molecule has 0 unspecified atom stereocenters. The molecule has 0 saturated carbocycles. The number of carbonyl (C=O) groups excluding carboxylic acids is 3. The average Bonchev–Trinajstić information content (AvgIpc) is 2.87. The van der Waals surface area contributed by atoms with Crippen molar-refractivity contribution in [3.8, 4) is 5.75 Å². The van der Waals surface area contributed by atoms with Crippen molar-refractivity contribution in [2.24, 2.45) is 0 Å². The van der Waals surface area contributed by atoms with Crippen LogP contribution < -0.4 is 15.0 Å². The number of anilines is 1. The number of nitrogens with one attached hydrogen (secondary N) is 1. The van der Waals surface area contributed by atoms with Crippen LogP contribution >= 0.6 is 0 Å². The highest BCUT2D eigenvalue weighted by atomic mass is 16.5. The Morgan fingerprint density at radius 2 is 1.76 bits per heavy atom. The van der Waals surface area contributed by atoms with E-state index < -0.39 is 12.6 Å². The molecule has 1 aliphatic rings. The molecular weight excluding hydrogens is 432 g/mol. The molecule has 1 heterocycles. The van der Waals surface area contributed by atoms with E-state index in [2.05, 4.69) is 5.32 Å². The van der Waals surface area contributed by atoms with Crippen LogP contribution in [-0.2, 0) is 14.3 Å². The molecule has 0 fully saturated rings. The van der Waals surface area contributed by atoms with Gasteiger partial charge in [-0.3, -0.25) is 19.3 Å². The van der Waals surface area contributed by atoms with Crippen molar-refractivity contribution in [2.45, 2.75) is 19.4 Å². The Morgan fingerprint density at radius 3 is 2.56 bits per heavy atom. The molecule has 3 aromatic carbocycles. The number of hydrogen-bond acceptors (Lipinski definition) is 5. The molecule has 34 heavy (non-hydrogen) atoms. The van der Waals surface area contributed by atoms with Crippen molar-refractivity contribution in [1.29, 1.82) is 0 Å². The van der Waals surface area contributed by atoms with E-state index in [4.69, 9.17) is 9.47 Å². The molecular formula is C27H26N2O5. The number of fused-ring (bicyclic) bond motifs is 1. The van der Waals surface area contributed by atoms with Crippen LogP contribution in [0.3, 0.4) is 0 Å². The molecule has 2 amide bonds. The maximum Gasteiger partial charge on any atom is 0.308 e. The van der Waals surface area contributed by atoms with Gasteiger partial charge in [0.1, 0.15) is 12.4 Å². The Bertz CT molecular complexity index is 1180. The fraction of sp³-hybridized carbons (Fsp3) is 0.222. The molecule has 0 aromatic heterocycles. The first-order valence-corrected chi connectivity index (χ1v) is 11.1. The first-order chi connectivity index (χ1) is 16.5. The number of rotatable bonds is 7. The van der Waals surface area contributed by atoms with Crippen LogP contribution in [0.2, 0.25) is 0 Å². The van der Waals surface area contributed by atoms with E-state index in [1.807, 2.05) is 61.5 Å². The van der Waals surface area contributed by atoms with Gasteiger partial charge in [-0.2, -0.15) is 0 Å². The van der Waals surface area contributed by atoms with Crippen molar-refractivity contribution < 1.29 is 23.9 Å². The maximum absolute atomic E-state index is 13.2. The van der Waals surface area contributed by atoms with Crippen molar-refractivity contribution in [3.63, 3.8) is 0 Å². The van der Waals surface area contributed by atoms with Gasteiger partial charge in [0.25, 0.3) is 11.8 Å². The maximum atomic E-state index is 13.2. The number of nitrogens with zero attached hydrogens (tertiary/aromatic N) is 1. The number of esters is 1. The van der Waals surface area contributed by atoms with Crippen molar-refractivity contribution >= 4 is 23.5 Å². The first kappa shape index (κ1) is 23.0. The second-order valence-electron chi connectivity index (χ2n) is 8.01. The summed E-state index contributed by atoms with van der Waals surface area (Å²) in [6, 6.07) is 23.7. The third kappa shape index (κ3) is 5.43. The van der Waals surface area contributed by atoms with Crippen LogP contribution in [0.1, 0.15) is 33.9 Å². The van der Waals surface area contributed by atoms with Crippen molar-refractivity contribution in [2.75, 3.05) is 24.7 Å². The predicted octanol–water partition coefficient (Wildman–Crippen LogP) is 3.83. The highest BCUT2D eigenvalue weighted by Crippen LogP contribution is 2.39. The zero-order chi connectivity index (χ0) is 23.9. The predicted molar refractivity (Wildman–Crippen MR) is 128 cm³/mol. The van der Waals surface area contributed by atoms with Crippen molar-refractivity contribution in [1.82, 2.24) is 5.32 Å². The Balaban J connectivity index is 1.35. The number of para-hydroxylation sites is 2. The van der Waals surface area contributed by atoms with Crippen LogP contribution in [0.15, 0.2) is 78.9 Å². The summed E-state index contributed by atoms with van der Waals surface area (Å²) in [5.74, 6) is -0.561. The quantitative estimate of drug-likeness (QED) is 0.544. The van der Waals surface area contributed by atoms with Crippen LogP contribution in [0.25, 0.3) is 0 Å². The van der Waals surface area contributed by atoms with E-state index in [-0.39, 0.29) is 30.8 Å². The molecule has 7 heteroatoms. The molecule has 1 aliphatic heterocycles. The summed E-state index contributed by atoms with van der Waals surface area (Å²) < 4.78 is 11.1. The van der Waals surface area contributed by atoms with Crippen LogP contribution in [0, 0.1) is 6.92 Å². The van der Waals surface area contributed by atoms with E-state index in [9.17, 15) is 14.4 Å². The van der Waals surface area contributed by atoms with Gasteiger partial charge in [-0.25, -0.2) is 0 Å². The standard InChI is InChI=1S/C27H26N2O5/c1-19-8-7-11-21(16-19)27(32)28-15-14-26(31)34-18-25(30)29-22-12-5-6-13-24(22)33-17-23(29)20-9-3-2-4-10-20/h2-13,16,23H,14-15,17-18H2,1H3,(H,28,32)/t23-/m0/s1. The zero-order valence-electron chi connectivity index (χ0n) is 18.9. The molecule has 0 spiro atoms. The molecule has 4 rings (SSSR count). The van der Waals surface area contributed by atoms with Crippen LogP contribution in [-0.4, -0.2) is 37.5 Å². The van der Waals surface area contributed by atoms with Crippen LogP contribution in [0.4, 0.5) is 5.69 Å². The lowest BCUT2D eigenvalue weighted by molar-refractivity contribution is -0.147. The largest absolute Gasteiger partial charge is 0.489 e. The molecule has 0 saturated heterocycles. The van der Waals surface area contributed by atoms with Gasteiger partial charge in [0.15, 0.2) is 6.61 Å². The summed E-state index contributed by atoms with van der Waals surface area (Å²) >= 11 is 0.